The Morgan fingerprint density at radius 2 is 2.04 bits per heavy atom. The van der Waals surface area contributed by atoms with Gasteiger partial charge in [-0.25, -0.2) is 4.79 Å². The maximum atomic E-state index is 12.8. The Labute approximate surface area is 147 Å². The first kappa shape index (κ1) is 16.1. The summed E-state index contributed by atoms with van der Waals surface area (Å²) in [5, 5.41) is 3.84. The molecule has 3 atom stereocenters. The lowest BCUT2D eigenvalue weighted by molar-refractivity contribution is -0.121. The van der Waals surface area contributed by atoms with Crippen LogP contribution in [0.2, 0.25) is 0 Å². The maximum absolute atomic E-state index is 12.8. The zero-order chi connectivity index (χ0) is 16.7. The quantitative estimate of drug-likeness (QED) is 0.831. The summed E-state index contributed by atoms with van der Waals surface area (Å²) in [5.74, 6) is 1.27. The second-order valence-electron chi connectivity index (χ2n) is 7.41. The van der Waals surface area contributed by atoms with E-state index in [4.69, 9.17) is 4.74 Å². The number of nitrogens with one attached hydrogen (secondary N) is 1. The Kier molecular flexibility index (Phi) is 4.37. The number of hydrogen-bond acceptors (Lipinski definition) is 4. The maximum Gasteiger partial charge on any atom is 0.341 e. The first-order valence-corrected chi connectivity index (χ1v) is 10.1. The number of rotatable bonds is 4. The van der Waals surface area contributed by atoms with Gasteiger partial charge in [0.15, 0.2) is 0 Å². The largest absolute Gasteiger partial charge is 0.462 e. The monoisotopic (exact) mass is 347 g/mol. The average molecular weight is 347 g/mol. The van der Waals surface area contributed by atoms with Gasteiger partial charge in [0.05, 0.1) is 12.2 Å². The van der Waals surface area contributed by atoms with E-state index >= 15 is 0 Å². The molecule has 3 aliphatic carbocycles. The number of thiophene rings is 1. The second-order valence-corrected chi connectivity index (χ2v) is 8.51. The van der Waals surface area contributed by atoms with Crippen molar-refractivity contribution >= 4 is 28.2 Å². The van der Waals surface area contributed by atoms with Crippen LogP contribution in [-0.4, -0.2) is 18.5 Å². The number of carbonyl (C=O) groups is 2. The van der Waals surface area contributed by atoms with Gasteiger partial charge in [0.25, 0.3) is 0 Å². The molecule has 130 valence electrons. The van der Waals surface area contributed by atoms with Crippen LogP contribution in [0.4, 0.5) is 5.00 Å². The number of carbonyl (C=O) groups excluding carboxylic acids is 2. The minimum absolute atomic E-state index is 0.117. The molecule has 2 fully saturated rings. The Balaban J connectivity index is 1.58. The second kappa shape index (κ2) is 6.51. The van der Waals surface area contributed by atoms with Crippen LogP contribution in [0.15, 0.2) is 0 Å². The molecule has 0 aromatic carbocycles. The molecule has 0 saturated heterocycles. The van der Waals surface area contributed by atoms with Crippen LogP contribution in [0.5, 0.6) is 0 Å². The third-order valence-electron chi connectivity index (χ3n) is 5.96. The van der Waals surface area contributed by atoms with Crippen LogP contribution in [-0.2, 0) is 22.4 Å². The Hall–Kier alpha value is -1.36. The smallest absolute Gasteiger partial charge is 0.341 e. The fourth-order valence-corrected chi connectivity index (χ4v) is 6.12. The SMILES string of the molecule is CCOC(=O)c1c(NC(=O)[C@H]2C[C@@H]3CC[C@@H]2C3)sc2c1CCCC2. The number of aryl methyl sites for hydroxylation is 1. The lowest BCUT2D eigenvalue weighted by Crippen LogP contribution is -2.27. The molecule has 1 aromatic heterocycles. The number of hydrogen-bond donors (Lipinski definition) is 1. The third-order valence-corrected chi connectivity index (χ3v) is 7.17. The predicted molar refractivity (Wildman–Crippen MR) is 94.5 cm³/mol. The van der Waals surface area contributed by atoms with E-state index in [2.05, 4.69) is 5.32 Å². The van der Waals surface area contributed by atoms with Gasteiger partial charge in [-0.05, 0) is 69.3 Å². The van der Waals surface area contributed by atoms with Crippen LogP contribution >= 0.6 is 11.3 Å². The van der Waals surface area contributed by atoms with Gasteiger partial charge < -0.3 is 10.1 Å². The van der Waals surface area contributed by atoms with E-state index in [1.165, 1.54) is 24.1 Å². The number of fused-ring (bicyclic) bond motifs is 3. The first-order valence-electron chi connectivity index (χ1n) is 9.30. The molecule has 0 unspecified atom stereocenters. The van der Waals surface area contributed by atoms with Crippen molar-refractivity contribution in [2.45, 2.75) is 58.3 Å². The van der Waals surface area contributed by atoms with Crippen molar-refractivity contribution in [3.05, 3.63) is 16.0 Å². The Morgan fingerprint density at radius 1 is 1.21 bits per heavy atom. The lowest BCUT2D eigenvalue weighted by Gasteiger charge is -2.20. The number of ether oxygens (including phenoxy) is 1. The highest BCUT2D eigenvalue weighted by atomic mass is 32.1. The molecule has 3 aliphatic rings. The fraction of sp³-hybridized carbons (Fsp3) is 0.684. The molecule has 0 spiro atoms. The van der Waals surface area contributed by atoms with E-state index < -0.39 is 0 Å². The minimum atomic E-state index is -0.278. The first-order chi connectivity index (χ1) is 11.7. The summed E-state index contributed by atoms with van der Waals surface area (Å²) in [5.41, 5.74) is 1.75. The van der Waals surface area contributed by atoms with Crippen LogP contribution in [0.25, 0.3) is 0 Å². The predicted octanol–water partition coefficient (Wildman–Crippen LogP) is 4.18. The molecule has 1 heterocycles. The standard InChI is InChI=1S/C19H25NO3S/c1-2-23-19(22)16-13-5-3-4-6-15(13)24-18(16)20-17(21)14-10-11-7-8-12(14)9-11/h11-12,14H,2-10H2,1H3,(H,20,21)/t11-,12-,14+/m1/s1. The summed E-state index contributed by atoms with van der Waals surface area (Å²) < 4.78 is 5.27. The minimum Gasteiger partial charge on any atom is -0.462 e. The molecule has 4 nitrogen and oxygen atoms in total. The molecular formula is C19H25NO3S. The number of anilines is 1. The van der Waals surface area contributed by atoms with Crippen LogP contribution in [0, 0.1) is 17.8 Å². The average Bonchev–Trinajstić information content (AvgIpc) is 3.28. The lowest BCUT2D eigenvalue weighted by atomic mass is 9.88. The van der Waals surface area contributed by atoms with Crippen LogP contribution in [0.1, 0.15) is 66.2 Å². The zero-order valence-electron chi connectivity index (χ0n) is 14.2. The zero-order valence-corrected chi connectivity index (χ0v) is 15.0. The molecule has 0 radical (unpaired) electrons. The molecule has 2 bridgehead atoms. The van der Waals surface area contributed by atoms with Crippen LogP contribution in [0.3, 0.4) is 0 Å². The number of amides is 1. The molecule has 24 heavy (non-hydrogen) atoms. The highest BCUT2D eigenvalue weighted by Gasteiger charge is 2.43. The Bertz CT molecular complexity index is 666. The Morgan fingerprint density at radius 3 is 2.75 bits per heavy atom. The van der Waals surface area contributed by atoms with Crippen molar-refractivity contribution in [3.63, 3.8) is 0 Å². The molecular weight excluding hydrogens is 322 g/mol. The molecule has 5 heteroatoms. The van der Waals surface area contributed by atoms with E-state index in [1.54, 1.807) is 11.3 Å². The highest BCUT2D eigenvalue weighted by molar-refractivity contribution is 7.17. The molecule has 0 aliphatic heterocycles. The van der Waals surface area contributed by atoms with E-state index in [0.29, 0.717) is 18.1 Å². The van der Waals surface area contributed by atoms with E-state index in [0.717, 1.165) is 48.6 Å². The van der Waals surface area contributed by atoms with Gasteiger partial charge >= 0.3 is 5.97 Å². The normalized spacial score (nSPS) is 27.8. The third kappa shape index (κ3) is 2.77. The van der Waals surface area contributed by atoms with Crippen molar-refractivity contribution in [3.8, 4) is 0 Å². The summed E-state index contributed by atoms with van der Waals surface area (Å²) in [6.45, 7) is 2.19. The van der Waals surface area contributed by atoms with Crippen molar-refractivity contribution < 1.29 is 14.3 Å². The van der Waals surface area contributed by atoms with Crippen molar-refractivity contribution in [1.29, 1.82) is 0 Å². The van der Waals surface area contributed by atoms with Crippen molar-refractivity contribution in [1.82, 2.24) is 0 Å². The van der Waals surface area contributed by atoms with E-state index in [9.17, 15) is 9.59 Å². The molecule has 1 amide bonds. The van der Waals surface area contributed by atoms with Gasteiger partial charge in [-0.15, -0.1) is 11.3 Å². The molecule has 1 aromatic rings. The van der Waals surface area contributed by atoms with Gasteiger partial charge in [0.2, 0.25) is 5.91 Å². The van der Waals surface area contributed by atoms with Gasteiger partial charge in [0, 0.05) is 10.8 Å². The molecule has 2 saturated carbocycles. The molecule has 4 rings (SSSR count). The van der Waals surface area contributed by atoms with Gasteiger partial charge in [-0.3, -0.25) is 4.79 Å². The van der Waals surface area contributed by atoms with Crippen molar-refractivity contribution in [2.24, 2.45) is 17.8 Å². The summed E-state index contributed by atoms with van der Waals surface area (Å²) in [6.07, 6.45) is 8.91. The van der Waals surface area contributed by atoms with Gasteiger partial charge in [-0.1, -0.05) is 6.42 Å². The molecule has 1 N–H and O–H groups in total. The topological polar surface area (TPSA) is 55.4 Å². The summed E-state index contributed by atoms with van der Waals surface area (Å²) in [4.78, 5) is 26.5. The van der Waals surface area contributed by atoms with Gasteiger partial charge in [0.1, 0.15) is 5.00 Å². The van der Waals surface area contributed by atoms with Crippen LogP contribution < -0.4 is 5.32 Å². The van der Waals surface area contributed by atoms with E-state index in [1.807, 2.05) is 6.92 Å². The summed E-state index contributed by atoms with van der Waals surface area (Å²) >= 11 is 1.59. The van der Waals surface area contributed by atoms with Crippen molar-refractivity contribution in [2.75, 3.05) is 11.9 Å². The highest BCUT2D eigenvalue weighted by Crippen LogP contribution is 2.49. The summed E-state index contributed by atoms with van der Waals surface area (Å²) in [7, 11) is 0. The fourth-order valence-electron chi connectivity index (χ4n) is 4.84. The number of esters is 1. The summed E-state index contributed by atoms with van der Waals surface area (Å²) in [6, 6.07) is 0. The van der Waals surface area contributed by atoms with Gasteiger partial charge in [-0.2, -0.15) is 0 Å². The van der Waals surface area contributed by atoms with E-state index in [-0.39, 0.29) is 17.8 Å².